The van der Waals surface area contributed by atoms with Crippen LogP contribution in [-0.2, 0) is 0 Å². The number of aromatic carboxylic acids is 1. The summed E-state index contributed by atoms with van der Waals surface area (Å²) in [5, 5.41) is 9.85. The number of benzene rings is 1. The number of hydrogen-bond donors (Lipinski definition) is 1. The molecular weight excluding hydrogens is 274 g/mol. The van der Waals surface area contributed by atoms with E-state index in [0.717, 1.165) is 5.56 Å². The van der Waals surface area contributed by atoms with Gasteiger partial charge in [0.05, 0.1) is 11.1 Å². The van der Waals surface area contributed by atoms with Gasteiger partial charge >= 0.3 is 5.97 Å². The lowest BCUT2D eigenvalue weighted by Gasteiger charge is -1.97. The van der Waals surface area contributed by atoms with E-state index in [-0.39, 0.29) is 5.69 Å². The van der Waals surface area contributed by atoms with Gasteiger partial charge in [0.2, 0.25) is 0 Å². The topological polar surface area (TPSA) is 76.0 Å². The van der Waals surface area contributed by atoms with Crippen LogP contribution in [0.25, 0.3) is 21.1 Å². The van der Waals surface area contributed by atoms with Crippen LogP contribution in [0, 0.1) is 0 Å². The normalized spacial score (nSPS) is 10.4. The van der Waals surface area contributed by atoms with Gasteiger partial charge in [0, 0.05) is 12.4 Å². The van der Waals surface area contributed by atoms with Crippen LogP contribution < -0.4 is 0 Å². The number of carboxylic acids is 1. The average molecular weight is 283 g/mol. The Morgan fingerprint density at radius 3 is 2.60 bits per heavy atom. The molecule has 0 radical (unpaired) electrons. The zero-order chi connectivity index (χ0) is 13.9. The lowest BCUT2D eigenvalue weighted by atomic mass is 10.1. The minimum atomic E-state index is -1.05. The van der Waals surface area contributed by atoms with Gasteiger partial charge in [-0.15, -0.1) is 11.3 Å². The van der Waals surface area contributed by atoms with Gasteiger partial charge in [0.25, 0.3) is 0 Å². The minimum absolute atomic E-state index is 0.0434. The summed E-state index contributed by atoms with van der Waals surface area (Å²) in [6.45, 7) is 0. The molecule has 0 atom stereocenters. The molecule has 2 heterocycles. The van der Waals surface area contributed by atoms with E-state index in [9.17, 15) is 9.90 Å². The zero-order valence-electron chi connectivity index (χ0n) is 10.2. The van der Waals surface area contributed by atoms with Crippen molar-refractivity contribution in [2.45, 2.75) is 0 Å². The fourth-order valence-corrected chi connectivity index (χ4v) is 2.79. The van der Waals surface area contributed by atoms with Crippen LogP contribution in [0.5, 0.6) is 0 Å². The Labute approximate surface area is 118 Å². The summed E-state index contributed by atoms with van der Waals surface area (Å²) in [7, 11) is 0. The molecule has 3 rings (SSSR count). The van der Waals surface area contributed by atoms with E-state index in [1.807, 2.05) is 30.3 Å². The van der Waals surface area contributed by atoms with Crippen LogP contribution in [0.2, 0.25) is 0 Å². The molecule has 98 valence electrons. The Hall–Kier alpha value is -2.60. The second-order valence-corrected chi connectivity index (χ2v) is 4.96. The fourth-order valence-electron chi connectivity index (χ4n) is 1.77. The van der Waals surface area contributed by atoms with Gasteiger partial charge in [0.1, 0.15) is 10.7 Å². The number of hydrogen-bond acceptors (Lipinski definition) is 5. The monoisotopic (exact) mass is 283 g/mol. The molecule has 0 aliphatic heterocycles. The van der Waals surface area contributed by atoms with Crippen LogP contribution >= 0.6 is 11.3 Å². The second kappa shape index (κ2) is 5.18. The summed E-state index contributed by atoms with van der Waals surface area (Å²) in [6, 6.07) is 9.33. The number of nitrogens with zero attached hydrogens (tertiary/aromatic N) is 3. The molecule has 0 aliphatic rings. The molecule has 2 aromatic heterocycles. The van der Waals surface area contributed by atoms with Gasteiger partial charge in [-0.05, 0) is 5.56 Å². The Morgan fingerprint density at radius 2 is 1.95 bits per heavy atom. The lowest BCUT2D eigenvalue weighted by Crippen LogP contribution is -1.98. The smallest absolute Gasteiger partial charge is 0.356 e. The van der Waals surface area contributed by atoms with Crippen molar-refractivity contribution in [3.8, 4) is 21.1 Å². The Bertz CT molecular complexity index is 742. The molecule has 0 amide bonds. The number of rotatable bonds is 3. The minimum Gasteiger partial charge on any atom is -0.476 e. The van der Waals surface area contributed by atoms with E-state index in [1.54, 1.807) is 18.6 Å². The van der Waals surface area contributed by atoms with Crippen molar-refractivity contribution >= 4 is 17.3 Å². The van der Waals surface area contributed by atoms with Crippen molar-refractivity contribution in [1.82, 2.24) is 15.0 Å². The van der Waals surface area contributed by atoms with E-state index in [0.29, 0.717) is 15.6 Å². The van der Waals surface area contributed by atoms with Crippen LogP contribution in [0.1, 0.15) is 10.5 Å². The summed E-state index contributed by atoms with van der Waals surface area (Å²) in [6.07, 6.45) is 4.69. The van der Waals surface area contributed by atoms with E-state index in [2.05, 4.69) is 15.0 Å². The van der Waals surface area contributed by atoms with Gasteiger partial charge in [-0.2, -0.15) is 0 Å². The highest BCUT2D eigenvalue weighted by molar-refractivity contribution is 7.18. The molecule has 1 aromatic carbocycles. The molecule has 0 unspecified atom stereocenters. The summed E-state index contributed by atoms with van der Waals surface area (Å²) < 4.78 is 0. The molecule has 20 heavy (non-hydrogen) atoms. The highest BCUT2D eigenvalue weighted by atomic mass is 32.1. The first-order valence-corrected chi connectivity index (χ1v) is 6.63. The Kier molecular flexibility index (Phi) is 3.22. The molecule has 0 spiro atoms. The van der Waals surface area contributed by atoms with Crippen LogP contribution in [-0.4, -0.2) is 26.0 Å². The molecule has 0 fully saturated rings. The van der Waals surface area contributed by atoms with Crippen molar-refractivity contribution in [3.05, 3.63) is 54.6 Å². The van der Waals surface area contributed by atoms with Gasteiger partial charge in [0.15, 0.2) is 5.69 Å². The zero-order valence-corrected chi connectivity index (χ0v) is 11.0. The maximum atomic E-state index is 11.3. The first-order valence-electron chi connectivity index (χ1n) is 5.81. The second-order valence-electron chi connectivity index (χ2n) is 3.96. The standard InChI is InChI=1S/C14H9N3O2S/c18-14(19)11-12(9-4-2-1-3-5-9)20-13(17-11)10-8-15-6-7-16-10/h1-8H,(H,18,19). The van der Waals surface area contributed by atoms with E-state index in [1.165, 1.54) is 11.3 Å². The number of aromatic nitrogens is 3. The van der Waals surface area contributed by atoms with E-state index >= 15 is 0 Å². The van der Waals surface area contributed by atoms with Crippen molar-refractivity contribution in [1.29, 1.82) is 0 Å². The highest BCUT2D eigenvalue weighted by Crippen LogP contribution is 2.34. The van der Waals surface area contributed by atoms with Crippen LogP contribution in [0.3, 0.4) is 0 Å². The number of carbonyl (C=O) groups is 1. The quantitative estimate of drug-likeness (QED) is 0.799. The summed E-state index contributed by atoms with van der Waals surface area (Å²) in [5.41, 5.74) is 1.45. The highest BCUT2D eigenvalue weighted by Gasteiger charge is 2.19. The Morgan fingerprint density at radius 1 is 1.15 bits per heavy atom. The average Bonchev–Trinajstić information content (AvgIpc) is 2.94. The summed E-state index contributed by atoms with van der Waals surface area (Å²) in [5.74, 6) is -1.05. The summed E-state index contributed by atoms with van der Waals surface area (Å²) >= 11 is 1.30. The molecule has 0 saturated carbocycles. The maximum Gasteiger partial charge on any atom is 0.356 e. The summed E-state index contributed by atoms with van der Waals surface area (Å²) in [4.78, 5) is 24.3. The molecule has 0 aliphatic carbocycles. The van der Waals surface area contributed by atoms with Crippen LogP contribution in [0.4, 0.5) is 0 Å². The predicted octanol–water partition coefficient (Wildman–Crippen LogP) is 2.97. The lowest BCUT2D eigenvalue weighted by molar-refractivity contribution is 0.0692. The number of carboxylic acid groups (broad SMARTS) is 1. The van der Waals surface area contributed by atoms with Crippen molar-refractivity contribution in [2.75, 3.05) is 0 Å². The van der Waals surface area contributed by atoms with Crippen molar-refractivity contribution in [3.63, 3.8) is 0 Å². The van der Waals surface area contributed by atoms with Gasteiger partial charge in [-0.3, -0.25) is 9.97 Å². The van der Waals surface area contributed by atoms with Gasteiger partial charge < -0.3 is 5.11 Å². The maximum absolute atomic E-state index is 11.3. The molecule has 5 nitrogen and oxygen atoms in total. The molecule has 0 bridgehead atoms. The van der Waals surface area contributed by atoms with E-state index < -0.39 is 5.97 Å². The Balaban J connectivity index is 2.15. The van der Waals surface area contributed by atoms with E-state index in [4.69, 9.17) is 0 Å². The van der Waals surface area contributed by atoms with Crippen LogP contribution in [0.15, 0.2) is 48.9 Å². The van der Waals surface area contributed by atoms with Gasteiger partial charge in [-0.25, -0.2) is 9.78 Å². The fraction of sp³-hybridized carbons (Fsp3) is 0. The molecule has 0 saturated heterocycles. The molecule has 6 heteroatoms. The molecular formula is C14H9N3O2S. The predicted molar refractivity (Wildman–Crippen MR) is 75.5 cm³/mol. The largest absolute Gasteiger partial charge is 0.476 e. The number of thiazole rings is 1. The third-order valence-electron chi connectivity index (χ3n) is 2.65. The first kappa shape index (κ1) is 12.4. The first-order chi connectivity index (χ1) is 9.75. The molecule has 3 aromatic rings. The van der Waals surface area contributed by atoms with Crippen molar-refractivity contribution in [2.24, 2.45) is 0 Å². The van der Waals surface area contributed by atoms with Crippen molar-refractivity contribution < 1.29 is 9.90 Å². The third-order valence-corrected chi connectivity index (χ3v) is 3.77. The van der Waals surface area contributed by atoms with Gasteiger partial charge in [-0.1, -0.05) is 30.3 Å². The third kappa shape index (κ3) is 2.28. The molecule has 1 N–H and O–H groups in total. The SMILES string of the molecule is O=C(O)c1nc(-c2cnccn2)sc1-c1ccccc1.